The van der Waals surface area contributed by atoms with Gasteiger partial charge in [-0.2, -0.15) is 0 Å². The summed E-state index contributed by atoms with van der Waals surface area (Å²) in [5, 5.41) is 13.8. The van der Waals surface area contributed by atoms with Crippen LogP contribution in [0, 0.1) is 0 Å². The van der Waals surface area contributed by atoms with E-state index >= 15 is 0 Å². The van der Waals surface area contributed by atoms with Crippen molar-refractivity contribution in [3.05, 3.63) is 48.6 Å². The summed E-state index contributed by atoms with van der Waals surface area (Å²) in [4.78, 5) is 25.5. The van der Waals surface area contributed by atoms with E-state index in [1.165, 1.54) is 199 Å². The SMILES string of the molecule is CCCCCCC/C=C\C/C=C\CCCCCCCCCCCCCCCCCCCC(=O)NC(COP(=O)([O-])OCC[N+](C)(C)C)C(O)/C=C/CC/C=C/CCCCCCCCCCCC. The zero-order valence-corrected chi connectivity index (χ0v) is 45.7. The maximum Gasteiger partial charge on any atom is 0.268 e. The van der Waals surface area contributed by atoms with Crippen LogP contribution < -0.4 is 10.2 Å². The van der Waals surface area contributed by atoms with Crippen LogP contribution in [0.5, 0.6) is 0 Å². The summed E-state index contributed by atoms with van der Waals surface area (Å²) < 4.78 is 23.3. The maximum absolute atomic E-state index is 12.9. The first-order valence-corrected chi connectivity index (χ1v) is 30.0. The highest BCUT2D eigenvalue weighted by molar-refractivity contribution is 7.45. The van der Waals surface area contributed by atoms with E-state index < -0.39 is 26.6 Å². The number of hydrogen-bond acceptors (Lipinski definition) is 6. The van der Waals surface area contributed by atoms with Gasteiger partial charge in [-0.25, -0.2) is 0 Å². The van der Waals surface area contributed by atoms with E-state index in [1.807, 2.05) is 27.2 Å². The van der Waals surface area contributed by atoms with Crippen molar-refractivity contribution in [2.24, 2.45) is 0 Å². The molecule has 1 amide bonds. The molecule has 0 aromatic rings. The smallest absolute Gasteiger partial charge is 0.268 e. The van der Waals surface area contributed by atoms with Crippen molar-refractivity contribution >= 4 is 13.7 Å². The third-order valence-electron chi connectivity index (χ3n) is 12.8. The van der Waals surface area contributed by atoms with Crippen molar-refractivity contribution in [3.63, 3.8) is 0 Å². The minimum absolute atomic E-state index is 0.00607. The van der Waals surface area contributed by atoms with Gasteiger partial charge in [-0.3, -0.25) is 9.36 Å². The van der Waals surface area contributed by atoms with Crippen molar-refractivity contribution in [3.8, 4) is 0 Å². The number of allylic oxidation sites excluding steroid dienone is 7. The third kappa shape index (κ3) is 52.1. The summed E-state index contributed by atoms with van der Waals surface area (Å²) in [5.74, 6) is -0.205. The second-order valence-electron chi connectivity index (χ2n) is 20.6. The summed E-state index contributed by atoms with van der Waals surface area (Å²) in [5.41, 5.74) is 0. The number of rotatable bonds is 52. The zero-order valence-electron chi connectivity index (χ0n) is 44.9. The van der Waals surface area contributed by atoms with Gasteiger partial charge in [0.05, 0.1) is 39.9 Å². The Kier molecular flexibility index (Phi) is 48.3. The van der Waals surface area contributed by atoms with Gasteiger partial charge in [0.25, 0.3) is 7.82 Å². The van der Waals surface area contributed by atoms with Crippen LogP contribution in [0.2, 0.25) is 0 Å². The number of likely N-dealkylation sites (N-methyl/N-ethyl adjacent to an activating group) is 1. The van der Waals surface area contributed by atoms with Gasteiger partial charge in [-0.1, -0.05) is 242 Å². The van der Waals surface area contributed by atoms with Crippen molar-refractivity contribution in [1.29, 1.82) is 0 Å². The van der Waals surface area contributed by atoms with Crippen LogP contribution in [0.1, 0.15) is 264 Å². The van der Waals surface area contributed by atoms with E-state index in [2.05, 4.69) is 55.6 Å². The van der Waals surface area contributed by atoms with Gasteiger partial charge in [0.15, 0.2) is 0 Å². The molecule has 0 bridgehead atoms. The summed E-state index contributed by atoms with van der Waals surface area (Å²) >= 11 is 0. The lowest BCUT2D eigenvalue weighted by atomic mass is 10.0. The molecule has 2 N–H and O–H groups in total. The molecular formula is C58H111N2O6P. The van der Waals surface area contributed by atoms with Crippen molar-refractivity contribution < 1.29 is 32.9 Å². The molecule has 8 nitrogen and oxygen atoms in total. The number of nitrogens with one attached hydrogen (secondary N) is 1. The van der Waals surface area contributed by atoms with Gasteiger partial charge in [0, 0.05) is 6.42 Å². The first kappa shape index (κ1) is 65.5. The number of quaternary nitrogens is 1. The van der Waals surface area contributed by atoms with Crippen LogP contribution in [0.3, 0.4) is 0 Å². The van der Waals surface area contributed by atoms with Crippen LogP contribution in [-0.2, 0) is 18.4 Å². The molecule has 0 aromatic heterocycles. The van der Waals surface area contributed by atoms with Crippen LogP contribution in [0.25, 0.3) is 0 Å². The standard InChI is InChI=1S/C58H111N2O6P/c1-6-8-10-12-14-16-18-20-22-24-25-26-27-28-29-30-31-32-33-34-35-36-38-40-42-44-46-48-50-52-58(62)59-56(55-66-67(63,64)65-54-53-60(3,4)5)57(61)51-49-47-45-43-41-39-37-23-21-19-17-15-13-11-9-7-2/h18,20,24-25,41,43,49,51,56-57,61H,6-17,19,21-23,26-40,42,44-48,50,52-55H2,1-5H3,(H-,59,62,63,64)/b20-18-,25-24-,43-41+,51-49+. The first-order chi connectivity index (χ1) is 32.5. The number of phosphoric acid groups is 1. The van der Waals surface area contributed by atoms with Gasteiger partial charge in [0.1, 0.15) is 13.2 Å². The Morgan fingerprint density at radius 2 is 0.881 bits per heavy atom. The van der Waals surface area contributed by atoms with Crippen molar-refractivity contribution in [2.45, 2.75) is 276 Å². The van der Waals surface area contributed by atoms with Gasteiger partial charge in [-0.05, 0) is 64.2 Å². The fourth-order valence-corrected chi connectivity index (χ4v) is 8.98. The molecule has 0 saturated carbocycles. The summed E-state index contributed by atoms with van der Waals surface area (Å²) in [6, 6.07) is -0.903. The Balaban J connectivity index is 4.15. The Morgan fingerprint density at radius 1 is 0.522 bits per heavy atom. The molecule has 0 saturated heterocycles. The average molecular weight is 964 g/mol. The van der Waals surface area contributed by atoms with Crippen molar-refractivity contribution in [1.82, 2.24) is 5.32 Å². The molecule has 0 spiro atoms. The number of phosphoric ester groups is 1. The van der Waals surface area contributed by atoms with E-state index in [-0.39, 0.29) is 12.5 Å². The summed E-state index contributed by atoms with van der Waals surface area (Å²) in [6.45, 7) is 4.63. The Labute approximate surface area is 416 Å². The second kappa shape index (κ2) is 49.4. The molecule has 0 aliphatic carbocycles. The molecule has 9 heteroatoms. The van der Waals surface area contributed by atoms with E-state index in [4.69, 9.17) is 9.05 Å². The molecule has 0 rings (SSSR count). The van der Waals surface area contributed by atoms with E-state index in [0.717, 1.165) is 44.9 Å². The molecule has 0 radical (unpaired) electrons. The molecule has 3 atom stereocenters. The number of aliphatic hydroxyl groups is 1. The molecule has 394 valence electrons. The van der Waals surface area contributed by atoms with Gasteiger partial charge in [0.2, 0.25) is 5.91 Å². The third-order valence-corrected chi connectivity index (χ3v) is 13.7. The molecule has 0 heterocycles. The van der Waals surface area contributed by atoms with Crippen LogP contribution in [-0.4, -0.2) is 68.5 Å². The number of unbranched alkanes of at least 4 members (excludes halogenated alkanes) is 33. The lowest BCUT2D eigenvalue weighted by Gasteiger charge is -2.29. The highest BCUT2D eigenvalue weighted by Gasteiger charge is 2.23. The summed E-state index contributed by atoms with van der Waals surface area (Å²) in [6.07, 6.45) is 64.8. The van der Waals surface area contributed by atoms with Gasteiger partial charge < -0.3 is 28.8 Å². The normalized spacial score (nSPS) is 14.3. The summed E-state index contributed by atoms with van der Waals surface area (Å²) in [7, 11) is 1.25. The highest BCUT2D eigenvalue weighted by atomic mass is 31.2. The fourth-order valence-electron chi connectivity index (χ4n) is 8.26. The van der Waals surface area contributed by atoms with E-state index in [1.54, 1.807) is 6.08 Å². The number of carbonyl (C=O) groups excluding carboxylic acids is 1. The molecule has 3 unspecified atom stereocenters. The fraction of sp³-hybridized carbons (Fsp3) is 0.845. The van der Waals surface area contributed by atoms with Gasteiger partial charge >= 0.3 is 0 Å². The van der Waals surface area contributed by atoms with Crippen LogP contribution >= 0.6 is 7.82 Å². The molecule has 67 heavy (non-hydrogen) atoms. The van der Waals surface area contributed by atoms with Crippen LogP contribution in [0.15, 0.2) is 48.6 Å². The predicted molar refractivity (Wildman–Crippen MR) is 288 cm³/mol. The second-order valence-corrected chi connectivity index (χ2v) is 22.0. The minimum atomic E-state index is -4.60. The molecule has 0 fully saturated rings. The van der Waals surface area contributed by atoms with E-state index in [9.17, 15) is 19.4 Å². The number of nitrogens with zero attached hydrogens (tertiary/aromatic N) is 1. The topological polar surface area (TPSA) is 108 Å². The minimum Gasteiger partial charge on any atom is -0.756 e. The van der Waals surface area contributed by atoms with Crippen molar-refractivity contribution in [2.75, 3.05) is 40.9 Å². The Hall–Kier alpha value is -1.54. The molecule has 0 aromatic carbocycles. The number of amides is 1. The quantitative estimate of drug-likeness (QED) is 0.0272. The maximum atomic E-state index is 12.9. The largest absolute Gasteiger partial charge is 0.756 e. The molecule has 0 aliphatic heterocycles. The predicted octanol–water partition coefficient (Wildman–Crippen LogP) is 16.5. The number of aliphatic hydroxyl groups excluding tert-OH is 1. The highest BCUT2D eigenvalue weighted by Crippen LogP contribution is 2.38. The number of carbonyl (C=O) groups is 1. The number of hydrogen-bond donors (Lipinski definition) is 2. The lowest BCUT2D eigenvalue weighted by molar-refractivity contribution is -0.870. The Bertz CT molecular complexity index is 1230. The molecular weight excluding hydrogens is 852 g/mol. The average Bonchev–Trinajstić information content (AvgIpc) is 3.29. The first-order valence-electron chi connectivity index (χ1n) is 28.5. The zero-order chi connectivity index (χ0) is 49.2. The van der Waals surface area contributed by atoms with Crippen LogP contribution in [0.4, 0.5) is 0 Å². The van der Waals surface area contributed by atoms with Gasteiger partial charge in [-0.15, -0.1) is 0 Å². The lowest BCUT2D eigenvalue weighted by Crippen LogP contribution is -2.45. The molecule has 0 aliphatic rings. The monoisotopic (exact) mass is 963 g/mol. The Morgan fingerprint density at radius 3 is 1.30 bits per heavy atom. The van der Waals surface area contributed by atoms with E-state index in [0.29, 0.717) is 17.4 Å².